The molecule has 0 fully saturated rings. The number of nitrogens with two attached hydrogens (primary N) is 1. The summed E-state index contributed by atoms with van der Waals surface area (Å²) >= 11 is 5.78. The molecule has 0 saturated heterocycles. The maximum Gasteiger partial charge on any atom is 0.451 e. The number of hydrogen-bond acceptors (Lipinski definition) is 4. The average molecular weight is 286 g/mol. The third kappa shape index (κ3) is 8.11. The normalized spacial score (nSPS) is 12.2. The molecular weight excluding hydrogens is 264 g/mol. The van der Waals surface area contributed by atoms with Crippen molar-refractivity contribution in [2.45, 2.75) is 38.0 Å². The quantitative estimate of drug-likeness (QED) is 0.480. The van der Waals surface area contributed by atoms with Gasteiger partial charge < -0.3 is 20.5 Å². The standard InChI is InChI=1S/C13H21BClNO3/c15-11-4-6-13(7-5-11)19-10-8-12(16)3-1-2-9-14(17)18/h4-7,12,17-18H,1-3,8-10,16H2. The zero-order valence-corrected chi connectivity index (χ0v) is 11.7. The number of rotatable bonds is 9. The number of ether oxygens (including phenoxy) is 1. The minimum absolute atomic E-state index is 0.0862. The first-order valence-electron chi connectivity index (χ1n) is 6.58. The van der Waals surface area contributed by atoms with Crippen LogP contribution in [0.5, 0.6) is 5.75 Å². The fraction of sp³-hybridized carbons (Fsp3) is 0.538. The van der Waals surface area contributed by atoms with Crippen molar-refractivity contribution in [3.63, 3.8) is 0 Å². The SMILES string of the molecule is NC(CCCCB(O)O)CCOc1ccc(Cl)cc1. The fourth-order valence-corrected chi connectivity index (χ4v) is 1.86. The minimum atomic E-state index is -1.20. The molecule has 0 aliphatic rings. The van der Waals surface area contributed by atoms with Crippen molar-refractivity contribution >= 4 is 18.7 Å². The summed E-state index contributed by atoms with van der Waals surface area (Å²) in [5.74, 6) is 0.792. The summed E-state index contributed by atoms with van der Waals surface area (Å²) in [4.78, 5) is 0. The van der Waals surface area contributed by atoms with Crippen LogP contribution in [-0.4, -0.2) is 29.8 Å². The summed E-state index contributed by atoms with van der Waals surface area (Å²) < 4.78 is 5.56. The number of halogens is 1. The van der Waals surface area contributed by atoms with Crippen LogP contribution < -0.4 is 10.5 Å². The molecule has 0 aliphatic carbocycles. The van der Waals surface area contributed by atoms with Gasteiger partial charge in [0.15, 0.2) is 0 Å². The molecule has 0 saturated carbocycles. The highest BCUT2D eigenvalue weighted by Gasteiger charge is 2.07. The van der Waals surface area contributed by atoms with E-state index in [1.165, 1.54) is 0 Å². The second-order valence-corrected chi connectivity index (χ2v) is 5.05. The molecule has 1 aromatic rings. The Bertz CT molecular complexity index is 348. The van der Waals surface area contributed by atoms with Gasteiger partial charge in [-0.3, -0.25) is 0 Å². The monoisotopic (exact) mass is 285 g/mol. The summed E-state index contributed by atoms with van der Waals surface area (Å²) in [6.45, 7) is 0.575. The van der Waals surface area contributed by atoms with Crippen molar-refractivity contribution in [3.05, 3.63) is 29.3 Å². The van der Waals surface area contributed by atoms with Gasteiger partial charge in [-0.15, -0.1) is 0 Å². The molecule has 106 valence electrons. The lowest BCUT2D eigenvalue weighted by atomic mass is 9.83. The Morgan fingerprint density at radius 2 is 1.84 bits per heavy atom. The van der Waals surface area contributed by atoms with Gasteiger partial charge >= 0.3 is 7.12 Å². The summed E-state index contributed by atoms with van der Waals surface area (Å²) in [5, 5.41) is 18.1. The van der Waals surface area contributed by atoms with Gasteiger partial charge in [-0.05, 0) is 43.4 Å². The van der Waals surface area contributed by atoms with Crippen LogP contribution in [0.2, 0.25) is 11.3 Å². The third-order valence-corrected chi connectivity index (χ3v) is 3.11. The first-order valence-corrected chi connectivity index (χ1v) is 6.96. The Morgan fingerprint density at radius 3 is 2.47 bits per heavy atom. The molecule has 1 unspecified atom stereocenters. The van der Waals surface area contributed by atoms with Crippen LogP contribution in [0.15, 0.2) is 24.3 Å². The molecule has 4 N–H and O–H groups in total. The van der Waals surface area contributed by atoms with E-state index in [9.17, 15) is 0 Å². The van der Waals surface area contributed by atoms with Crippen molar-refractivity contribution in [1.29, 1.82) is 0 Å². The molecule has 1 rings (SSSR count). The molecule has 1 aromatic carbocycles. The smallest absolute Gasteiger partial charge is 0.451 e. The maximum absolute atomic E-state index is 8.70. The van der Waals surface area contributed by atoms with Gasteiger partial charge in [0.1, 0.15) is 5.75 Å². The average Bonchev–Trinajstić information content (AvgIpc) is 2.37. The first-order chi connectivity index (χ1) is 9.08. The Morgan fingerprint density at radius 1 is 1.16 bits per heavy atom. The van der Waals surface area contributed by atoms with E-state index < -0.39 is 7.12 Å². The summed E-state index contributed by atoms with van der Waals surface area (Å²) in [6, 6.07) is 7.32. The highest BCUT2D eigenvalue weighted by atomic mass is 35.5. The Kier molecular flexibility index (Phi) is 7.90. The van der Waals surface area contributed by atoms with E-state index in [0.29, 0.717) is 17.9 Å². The molecule has 0 aliphatic heterocycles. The Hall–Kier alpha value is -0.745. The summed E-state index contributed by atoms with van der Waals surface area (Å²) in [5.41, 5.74) is 5.95. The van der Waals surface area contributed by atoms with E-state index in [1.807, 2.05) is 12.1 Å². The molecule has 0 radical (unpaired) electrons. The highest BCUT2D eigenvalue weighted by Crippen LogP contribution is 2.16. The minimum Gasteiger partial charge on any atom is -0.494 e. The van der Waals surface area contributed by atoms with Crippen LogP contribution in [0.25, 0.3) is 0 Å². The van der Waals surface area contributed by atoms with Crippen molar-refractivity contribution in [2.24, 2.45) is 5.73 Å². The van der Waals surface area contributed by atoms with Crippen LogP contribution >= 0.6 is 11.6 Å². The van der Waals surface area contributed by atoms with E-state index in [4.69, 9.17) is 32.1 Å². The molecular formula is C13H21BClNO3. The van der Waals surface area contributed by atoms with Crippen LogP contribution in [0.1, 0.15) is 25.7 Å². The molecule has 19 heavy (non-hydrogen) atoms. The van der Waals surface area contributed by atoms with Gasteiger partial charge in [-0.1, -0.05) is 24.4 Å². The van der Waals surface area contributed by atoms with E-state index in [2.05, 4.69) is 0 Å². The molecule has 0 spiro atoms. The summed E-state index contributed by atoms with van der Waals surface area (Å²) in [6.07, 6.45) is 3.75. The Labute approximate surface area is 119 Å². The summed E-state index contributed by atoms with van der Waals surface area (Å²) in [7, 11) is -1.20. The number of benzene rings is 1. The molecule has 0 heterocycles. The van der Waals surface area contributed by atoms with Gasteiger partial charge in [0.2, 0.25) is 0 Å². The van der Waals surface area contributed by atoms with Crippen LogP contribution in [0, 0.1) is 0 Å². The number of unbranched alkanes of at least 4 members (excludes halogenated alkanes) is 1. The predicted molar refractivity (Wildman–Crippen MR) is 78.4 cm³/mol. The lowest BCUT2D eigenvalue weighted by molar-refractivity contribution is 0.293. The topological polar surface area (TPSA) is 75.7 Å². The molecule has 0 aromatic heterocycles. The van der Waals surface area contributed by atoms with Crippen LogP contribution in [-0.2, 0) is 0 Å². The van der Waals surface area contributed by atoms with Crippen molar-refractivity contribution in [2.75, 3.05) is 6.61 Å². The van der Waals surface area contributed by atoms with Crippen LogP contribution in [0.3, 0.4) is 0 Å². The zero-order chi connectivity index (χ0) is 14.1. The van der Waals surface area contributed by atoms with E-state index >= 15 is 0 Å². The second-order valence-electron chi connectivity index (χ2n) is 4.62. The van der Waals surface area contributed by atoms with E-state index in [0.717, 1.165) is 31.4 Å². The van der Waals surface area contributed by atoms with Crippen molar-refractivity contribution in [1.82, 2.24) is 0 Å². The van der Waals surface area contributed by atoms with Crippen LogP contribution in [0.4, 0.5) is 0 Å². The first kappa shape index (κ1) is 16.3. The van der Waals surface area contributed by atoms with Gasteiger partial charge in [-0.25, -0.2) is 0 Å². The van der Waals surface area contributed by atoms with E-state index in [1.54, 1.807) is 12.1 Å². The highest BCUT2D eigenvalue weighted by molar-refractivity contribution is 6.40. The van der Waals surface area contributed by atoms with Crippen molar-refractivity contribution < 1.29 is 14.8 Å². The fourth-order valence-electron chi connectivity index (χ4n) is 1.74. The van der Waals surface area contributed by atoms with Gasteiger partial charge in [-0.2, -0.15) is 0 Å². The van der Waals surface area contributed by atoms with Crippen molar-refractivity contribution in [3.8, 4) is 5.75 Å². The van der Waals surface area contributed by atoms with Gasteiger partial charge in [0.05, 0.1) is 6.61 Å². The largest absolute Gasteiger partial charge is 0.494 e. The Balaban J connectivity index is 2.06. The lowest BCUT2D eigenvalue weighted by Crippen LogP contribution is -2.22. The second kappa shape index (κ2) is 9.21. The predicted octanol–water partition coefficient (Wildman–Crippen LogP) is 2.08. The van der Waals surface area contributed by atoms with Gasteiger partial charge in [0.25, 0.3) is 0 Å². The third-order valence-electron chi connectivity index (χ3n) is 2.86. The molecule has 1 atom stereocenters. The molecule has 0 amide bonds. The zero-order valence-electron chi connectivity index (χ0n) is 11.0. The molecule has 0 bridgehead atoms. The van der Waals surface area contributed by atoms with E-state index in [-0.39, 0.29) is 6.04 Å². The lowest BCUT2D eigenvalue weighted by Gasteiger charge is -2.12. The maximum atomic E-state index is 8.70. The molecule has 6 heteroatoms. The number of hydrogen-bond donors (Lipinski definition) is 3. The molecule has 4 nitrogen and oxygen atoms in total. The van der Waals surface area contributed by atoms with Gasteiger partial charge in [0, 0.05) is 11.1 Å².